The van der Waals surface area contributed by atoms with E-state index >= 15 is 0 Å². The first-order valence-electron chi connectivity index (χ1n) is 7.39. The van der Waals surface area contributed by atoms with E-state index in [1.165, 1.54) is 0 Å². The number of rotatable bonds is 7. The quantitative estimate of drug-likeness (QED) is 0.362. The number of carbonyl (C=O) groups is 1. The Bertz CT molecular complexity index is 506. The van der Waals surface area contributed by atoms with Crippen LogP contribution in [0.2, 0.25) is 5.02 Å². The van der Waals surface area contributed by atoms with E-state index in [4.69, 9.17) is 16.3 Å². The summed E-state index contributed by atoms with van der Waals surface area (Å²) in [4.78, 5) is 17.5. The second kappa shape index (κ2) is 10.1. The van der Waals surface area contributed by atoms with Crippen LogP contribution in [0, 0.1) is 0 Å². The Morgan fingerprint density at radius 1 is 1.41 bits per heavy atom. The van der Waals surface area contributed by atoms with Crippen LogP contribution in [0.5, 0.6) is 0 Å². The van der Waals surface area contributed by atoms with Crippen LogP contribution in [0.4, 0.5) is 0 Å². The molecule has 0 aromatic heterocycles. The molecule has 1 aromatic rings. The summed E-state index contributed by atoms with van der Waals surface area (Å²) in [6.07, 6.45) is 1.11. The van der Waals surface area contributed by atoms with Crippen molar-refractivity contribution in [2.45, 2.75) is 26.3 Å². The molecule has 0 fully saturated rings. The summed E-state index contributed by atoms with van der Waals surface area (Å²) in [7, 11) is 3.68. The maximum atomic E-state index is 11.3. The fraction of sp³-hybridized carbons (Fsp3) is 0.500. The topological polar surface area (TPSA) is 53.9 Å². The van der Waals surface area contributed by atoms with Crippen LogP contribution < -0.4 is 5.32 Å². The van der Waals surface area contributed by atoms with E-state index in [1.807, 2.05) is 43.1 Å². The van der Waals surface area contributed by atoms with E-state index in [0.717, 1.165) is 16.5 Å². The van der Waals surface area contributed by atoms with E-state index in [9.17, 15) is 4.79 Å². The Morgan fingerprint density at radius 3 is 2.77 bits per heavy atom. The standard InChI is InChI=1S/C16H24ClN3O2/c1-4-22-15(21)10-7-11-19-16(18-2)20(3)12-13-8-5-6-9-14(13)17/h5-6,8-9H,4,7,10-12H2,1-3H3,(H,18,19). The number of halogens is 1. The highest BCUT2D eigenvalue weighted by atomic mass is 35.5. The summed E-state index contributed by atoms with van der Waals surface area (Å²) < 4.78 is 4.89. The van der Waals surface area contributed by atoms with Crippen LogP contribution >= 0.6 is 11.6 Å². The van der Waals surface area contributed by atoms with Gasteiger partial charge in [0.05, 0.1) is 6.61 Å². The van der Waals surface area contributed by atoms with Gasteiger partial charge in [-0.1, -0.05) is 29.8 Å². The number of benzene rings is 1. The van der Waals surface area contributed by atoms with Gasteiger partial charge in [-0.2, -0.15) is 0 Å². The summed E-state index contributed by atoms with van der Waals surface area (Å²) in [5.41, 5.74) is 1.04. The fourth-order valence-corrected chi connectivity index (χ4v) is 2.20. The van der Waals surface area contributed by atoms with Gasteiger partial charge in [0.15, 0.2) is 5.96 Å². The van der Waals surface area contributed by atoms with Gasteiger partial charge in [0.25, 0.3) is 0 Å². The second-order valence-electron chi connectivity index (χ2n) is 4.83. The van der Waals surface area contributed by atoms with Crippen LogP contribution in [-0.2, 0) is 16.1 Å². The lowest BCUT2D eigenvalue weighted by atomic mass is 10.2. The number of carbonyl (C=O) groups excluding carboxylic acids is 1. The van der Waals surface area contributed by atoms with E-state index in [0.29, 0.717) is 32.5 Å². The molecule has 0 saturated heterocycles. The van der Waals surface area contributed by atoms with Crippen molar-refractivity contribution in [1.82, 2.24) is 10.2 Å². The Kier molecular flexibility index (Phi) is 8.36. The molecule has 0 heterocycles. The van der Waals surface area contributed by atoms with Crippen molar-refractivity contribution in [3.8, 4) is 0 Å². The normalized spacial score (nSPS) is 11.2. The number of nitrogens with zero attached hydrogens (tertiary/aromatic N) is 2. The lowest BCUT2D eigenvalue weighted by Crippen LogP contribution is -2.39. The van der Waals surface area contributed by atoms with Gasteiger partial charge in [-0.3, -0.25) is 9.79 Å². The molecule has 0 unspecified atom stereocenters. The van der Waals surface area contributed by atoms with Crippen molar-refractivity contribution in [2.24, 2.45) is 4.99 Å². The molecular weight excluding hydrogens is 302 g/mol. The summed E-state index contributed by atoms with van der Waals surface area (Å²) in [6.45, 7) is 3.56. The first-order valence-corrected chi connectivity index (χ1v) is 7.77. The number of aliphatic imine (C=N–C) groups is 1. The van der Waals surface area contributed by atoms with Gasteiger partial charge in [0.1, 0.15) is 0 Å². The maximum absolute atomic E-state index is 11.3. The van der Waals surface area contributed by atoms with Crippen LogP contribution in [-0.4, -0.2) is 44.1 Å². The molecule has 0 aliphatic rings. The maximum Gasteiger partial charge on any atom is 0.305 e. The van der Waals surface area contributed by atoms with E-state index in [2.05, 4.69) is 10.3 Å². The average Bonchev–Trinajstić information content (AvgIpc) is 2.50. The summed E-state index contributed by atoms with van der Waals surface area (Å²) in [6, 6.07) is 7.74. The highest BCUT2D eigenvalue weighted by Crippen LogP contribution is 2.16. The number of esters is 1. The molecule has 0 radical (unpaired) electrons. The fourth-order valence-electron chi connectivity index (χ4n) is 2.01. The molecule has 0 aliphatic carbocycles. The van der Waals surface area contributed by atoms with Crippen molar-refractivity contribution < 1.29 is 9.53 Å². The van der Waals surface area contributed by atoms with Crippen LogP contribution in [0.3, 0.4) is 0 Å². The number of ether oxygens (including phenoxy) is 1. The lowest BCUT2D eigenvalue weighted by molar-refractivity contribution is -0.143. The van der Waals surface area contributed by atoms with E-state index in [-0.39, 0.29) is 5.97 Å². The van der Waals surface area contributed by atoms with Crippen LogP contribution in [0.15, 0.2) is 29.3 Å². The van der Waals surface area contributed by atoms with Gasteiger partial charge in [-0.25, -0.2) is 0 Å². The molecule has 0 spiro atoms. The molecule has 5 nitrogen and oxygen atoms in total. The van der Waals surface area contributed by atoms with Crippen molar-refractivity contribution in [1.29, 1.82) is 0 Å². The SMILES string of the molecule is CCOC(=O)CCCNC(=NC)N(C)Cc1ccccc1Cl. The smallest absolute Gasteiger partial charge is 0.305 e. The van der Waals surface area contributed by atoms with Gasteiger partial charge < -0.3 is 15.0 Å². The molecule has 0 bridgehead atoms. The highest BCUT2D eigenvalue weighted by Gasteiger charge is 2.09. The summed E-state index contributed by atoms with van der Waals surface area (Å²) >= 11 is 6.17. The average molecular weight is 326 g/mol. The molecule has 22 heavy (non-hydrogen) atoms. The number of nitrogens with one attached hydrogen (secondary N) is 1. The Labute approximate surface area is 137 Å². The lowest BCUT2D eigenvalue weighted by Gasteiger charge is -2.22. The minimum absolute atomic E-state index is 0.163. The monoisotopic (exact) mass is 325 g/mol. The molecule has 0 saturated carbocycles. The zero-order chi connectivity index (χ0) is 16.4. The Hall–Kier alpha value is -1.75. The van der Waals surface area contributed by atoms with Crippen molar-refractivity contribution >= 4 is 23.5 Å². The molecule has 1 N–H and O–H groups in total. The van der Waals surface area contributed by atoms with E-state index < -0.39 is 0 Å². The highest BCUT2D eigenvalue weighted by molar-refractivity contribution is 6.31. The van der Waals surface area contributed by atoms with Gasteiger partial charge in [0, 0.05) is 38.6 Å². The number of hydrogen-bond donors (Lipinski definition) is 1. The van der Waals surface area contributed by atoms with Gasteiger partial charge >= 0.3 is 5.97 Å². The first kappa shape index (κ1) is 18.3. The zero-order valence-corrected chi connectivity index (χ0v) is 14.2. The third kappa shape index (κ3) is 6.35. The summed E-state index contributed by atoms with van der Waals surface area (Å²) in [5.74, 6) is 0.604. The summed E-state index contributed by atoms with van der Waals surface area (Å²) in [5, 5.41) is 3.97. The minimum atomic E-state index is -0.163. The number of hydrogen-bond acceptors (Lipinski definition) is 3. The van der Waals surface area contributed by atoms with E-state index in [1.54, 1.807) is 7.05 Å². The first-order chi connectivity index (χ1) is 10.6. The zero-order valence-electron chi connectivity index (χ0n) is 13.4. The van der Waals surface area contributed by atoms with Crippen molar-refractivity contribution in [3.05, 3.63) is 34.9 Å². The third-order valence-corrected chi connectivity index (χ3v) is 3.45. The largest absolute Gasteiger partial charge is 0.466 e. The van der Waals surface area contributed by atoms with Gasteiger partial charge in [-0.15, -0.1) is 0 Å². The van der Waals surface area contributed by atoms with Crippen molar-refractivity contribution in [2.75, 3.05) is 27.2 Å². The molecular formula is C16H24ClN3O2. The molecule has 0 atom stereocenters. The third-order valence-electron chi connectivity index (χ3n) is 3.08. The second-order valence-corrected chi connectivity index (χ2v) is 5.24. The predicted molar refractivity (Wildman–Crippen MR) is 90.1 cm³/mol. The predicted octanol–water partition coefficient (Wildman–Crippen LogP) is 2.69. The Balaban J connectivity index is 2.41. The molecule has 1 aromatic carbocycles. The van der Waals surface area contributed by atoms with Crippen LogP contribution in [0.25, 0.3) is 0 Å². The Morgan fingerprint density at radius 2 is 2.14 bits per heavy atom. The van der Waals surface area contributed by atoms with Gasteiger partial charge in [-0.05, 0) is 25.0 Å². The number of guanidine groups is 1. The molecule has 0 aliphatic heterocycles. The molecule has 1 rings (SSSR count). The molecule has 0 amide bonds. The molecule has 6 heteroatoms. The molecule has 122 valence electrons. The van der Waals surface area contributed by atoms with Gasteiger partial charge in [0.2, 0.25) is 0 Å². The minimum Gasteiger partial charge on any atom is -0.466 e. The van der Waals surface area contributed by atoms with Crippen LogP contribution in [0.1, 0.15) is 25.3 Å². The van der Waals surface area contributed by atoms with Crippen molar-refractivity contribution in [3.63, 3.8) is 0 Å².